The van der Waals surface area contributed by atoms with Gasteiger partial charge in [-0.05, 0) is 18.6 Å². The number of hydrogen-bond acceptors (Lipinski definition) is 4. The van der Waals surface area contributed by atoms with Crippen molar-refractivity contribution in [2.45, 2.75) is 38.6 Å². The van der Waals surface area contributed by atoms with Crippen LogP contribution >= 0.6 is 0 Å². The molecule has 1 unspecified atom stereocenters. The molecule has 126 valence electrons. The van der Waals surface area contributed by atoms with Gasteiger partial charge in [-0.25, -0.2) is 0 Å². The molecule has 1 N–H and O–H groups in total. The van der Waals surface area contributed by atoms with Crippen LogP contribution in [0, 0.1) is 0 Å². The zero-order chi connectivity index (χ0) is 16.8. The van der Waals surface area contributed by atoms with Gasteiger partial charge in [0.2, 0.25) is 11.8 Å². The second kappa shape index (κ2) is 7.85. The summed E-state index contributed by atoms with van der Waals surface area (Å²) in [5.41, 5.74) is 0.748. The summed E-state index contributed by atoms with van der Waals surface area (Å²) < 4.78 is 10.5. The molecule has 2 amide bonds. The van der Waals surface area contributed by atoms with Crippen LogP contribution in [-0.2, 0) is 9.59 Å². The summed E-state index contributed by atoms with van der Waals surface area (Å²) in [6, 6.07) is 5.23. The van der Waals surface area contributed by atoms with E-state index in [9.17, 15) is 9.59 Å². The van der Waals surface area contributed by atoms with Crippen molar-refractivity contribution >= 4 is 17.5 Å². The molecule has 1 aromatic rings. The minimum atomic E-state index is -0.139. The van der Waals surface area contributed by atoms with E-state index in [1.54, 1.807) is 31.3 Å². The minimum absolute atomic E-state index is 0.00184. The van der Waals surface area contributed by atoms with Crippen LogP contribution in [0.3, 0.4) is 0 Å². The summed E-state index contributed by atoms with van der Waals surface area (Å²) in [6.45, 7) is 2.53. The second-order valence-electron chi connectivity index (χ2n) is 5.62. The van der Waals surface area contributed by atoms with Crippen LogP contribution < -0.4 is 19.7 Å². The Morgan fingerprint density at radius 3 is 2.70 bits per heavy atom. The standard InChI is InChI=1S/C17H24N2O4/c1-4-5-6-16(20)18-12-9-17(21)19(11-12)13-7-8-14(22-2)15(10-13)23-3/h7-8,10,12H,4-6,9,11H2,1-3H3,(H,18,20). The molecule has 2 rings (SSSR count). The van der Waals surface area contributed by atoms with Crippen molar-refractivity contribution in [1.82, 2.24) is 5.32 Å². The Kier molecular flexibility index (Phi) is 5.84. The Balaban J connectivity index is 2.04. The summed E-state index contributed by atoms with van der Waals surface area (Å²) in [4.78, 5) is 25.7. The molecule has 1 aromatic carbocycles. The number of nitrogens with zero attached hydrogens (tertiary/aromatic N) is 1. The van der Waals surface area contributed by atoms with Crippen molar-refractivity contribution in [2.75, 3.05) is 25.7 Å². The number of anilines is 1. The molecule has 0 saturated carbocycles. The highest BCUT2D eigenvalue weighted by Crippen LogP contribution is 2.33. The van der Waals surface area contributed by atoms with E-state index >= 15 is 0 Å². The van der Waals surface area contributed by atoms with Crippen molar-refractivity contribution < 1.29 is 19.1 Å². The van der Waals surface area contributed by atoms with E-state index in [4.69, 9.17) is 9.47 Å². The first-order chi connectivity index (χ1) is 11.1. The molecule has 1 atom stereocenters. The Morgan fingerprint density at radius 1 is 1.30 bits per heavy atom. The molecule has 6 nitrogen and oxygen atoms in total. The number of rotatable bonds is 7. The maximum atomic E-state index is 12.2. The first kappa shape index (κ1) is 17.1. The predicted octanol–water partition coefficient (Wildman–Crippen LogP) is 2.12. The lowest BCUT2D eigenvalue weighted by Crippen LogP contribution is -2.37. The molecule has 1 fully saturated rings. The van der Waals surface area contributed by atoms with E-state index < -0.39 is 0 Å². The fourth-order valence-electron chi connectivity index (χ4n) is 2.68. The van der Waals surface area contributed by atoms with Crippen LogP contribution in [0.15, 0.2) is 18.2 Å². The van der Waals surface area contributed by atoms with Crippen molar-refractivity contribution in [3.8, 4) is 11.5 Å². The highest BCUT2D eigenvalue weighted by atomic mass is 16.5. The van der Waals surface area contributed by atoms with Crippen molar-refractivity contribution in [1.29, 1.82) is 0 Å². The minimum Gasteiger partial charge on any atom is -0.493 e. The second-order valence-corrected chi connectivity index (χ2v) is 5.62. The topological polar surface area (TPSA) is 67.9 Å². The smallest absolute Gasteiger partial charge is 0.229 e. The van der Waals surface area contributed by atoms with Gasteiger partial charge in [0, 0.05) is 31.1 Å². The fraction of sp³-hybridized carbons (Fsp3) is 0.529. The van der Waals surface area contributed by atoms with E-state index in [0.717, 1.165) is 18.5 Å². The number of nitrogens with one attached hydrogen (secondary N) is 1. The number of carbonyl (C=O) groups is 2. The summed E-state index contributed by atoms with van der Waals surface area (Å²) in [7, 11) is 3.13. The molecule has 6 heteroatoms. The lowest BCUT2D eigenvalue weighted by atomic mass is 10.2. The van der Waals surface area contributed by atoms with Crippen LogP contribution in [0.4, 0.5) is 5.69 Å². The number of unbranched alkanes of at least 4 members (excludes halogenated alkanes) is 1. The molecule has 0 aliphatic carbocycles. The lowest BCUT2D eigenvalue weighted by Gasteiger charge is -2.19. The average Bonchev–Trinajstić information content (AvgIpc) is 2.92. The van der Waals surface area contributed by atoms with Crippen LogP contribution in [0.1, 0.15) is 32.6 Å². The summed E-state index contributed by atoms with van der Waals surface area (Å²) >= 11 is 0. The van der Waals surface area contributed by atoms with Gasteiger partial charge >= 0.3 is 0 Å². The molecule has 1 heterocycles. The van der Waals surface area contributed by atoms with E-state index in [1.807, 2.05) is 13.0 Å². The van der Waals surface area contributed by atoms with Crippen LogP contribution in [-0.4, -0.2) is 38.6 Å². The average molecular weight is 320 g/mol. The van der Waals surface area contributed by atoms with Crippen molar-refractivity contribution in [3.05, 3.63) is 18.2 Å². The Labute approximate surface area is 136 Å². The summed E-state index contributed by atoms with van der Waals surface area (Å²) in [5.74, 6) is 1.21. The maximum Gasteiger partial charge on any atom is 0.229 e. The molecular formula is C17H24N2O4. The van der Waals surface area contributed by atoms with Gasteiger partial charge in [-0.2, -0.15) is 0 Å². The van der Waals surface area contributed by atoms with Gasteiger partial charge in [0.25, 0.3) is 0 Å². The number of carbonyl (C=O) groups excluding carboxylic acids is 2. The molecule has 0 bridgehead atoms. The Morgan fingerprint density at radius 2 is 2.04 bits per heavy atom. The number of ether oxygens (including phenoxy) is 2. The third-order valence-corrected chi connectivity index (χ3v) is 3.93. The largest absolute Gasteiger partial charge is 0.493 e. The van der Waals surface area contributed by atoms with Gasteiger partial charge in [0.15, 0.2) is 11.5 Å². The normalized spacial score (nSPS) is 17.3. The zero-order valence-corrected chi connectivity index (χ0v) is 13.9. The predicted molar refractivity (Wildman–Crippen MR) is 88.0 cm³/mol. The van der Waals surface area contributed by atoms with Gasteiger partial charge in [0.1, 0.15) is 0 Å². The first-order valence-corrected chi connectivity index (χ1v) is 7.90. The van der Waals surface area contributed by atoms with Crippen LogP contribution in [0.5, 0.6) is 11.5 Å². The molecule has 23 heavy (non-hydrogen) atoms. The lowest BCUT2D eigenvalue weighted by molar-refractivity contribution is -0.121. The fourth-order valence-corrected chi connectivity index (χ4v) is 2.68. The van der Waals surface area contributed by atoms with E-state index in [-0.39, 0.29) is 17.9 Å². The molecule has 1 aliphatic heterocycles. The zero-order valence-electron chi connectivity index (χ0n) is 13.9. The number of amides is 2. The van der Waals surface area contributed by atoms with E-state index in [1.165, 1.54) is 0 Å². The van der Waals surface area contributed by atoms with Crippen molar-refractivity contribution in [2.24, 2.45) is 0 Å². The third-order valence-electron chi connectivity index (χ3n) is 3.93. The number of benzene rings is 1. The monoisotopic (exact) mass is 320 g/mol. The quantitative estimate of drug-likeness (QED) is 0.835. The van der Waals surface area contributed by atoms with E-state index in [2.05, 4.69) is 5.32 Å². The highest BCUT2D eigenvalue weighted by molar-refractivity contribution is 5.97. The van der Waals surface area contributed by atoms with E-state index in [0.29, 0.717) is 30.9 Å². The SMILES string of the molecule is CCCCC(=O)NC1CC(=O)N(c2ccc(OC)c(OC)c2)C1. The van der Waals surface area contributed by atoms with Crippen molar-refractivity contribution in [3.63, 3.8) is 0 Å². The first-order valence-electron chi connectivity index (χ1n) is 7.90. The number of hydrogen-bond donors (Lipinski definition) is 1. The van der Waals surface area contributed by atoms with Gasteiger partial charge in [0.05, 0.1) is 20.3 Å². The highest BCUT2D eigenvalue weighted by Gasteiger charge is 2.31. The Bertz CT molecular complexity index is 574. The van der Waals surface area contributed by atoms with Crippen LogP contribution in [0.2, 0.25) is 0 Å². The van der Waals surface area contributed by atoms with Crippen LogP contribution in [0.25, 0.3) is 0 Å². The molecular weight excluding hydrogens is 296 g/mol. The molecule has 0 radical (unpaired) electrons. The van der Waals surface area contributed by atoms with Gasteiger partial charge in [-0.1, -0.05) is 13.3 Å². The molecule has 1 saturated heterocycles. The molecule has 0 aromatic heterocycles. The summed E-state index contributed by atoms with van der Waals surface area (Å²) in [5, 5.41) is 2.94. The maximum absolute atomic E-state index is 12.2. The van der Waals surface area contributed by atoms with Gasteiger partial charge in [-0.15, -0.1) is 0 Å². The molecule has 0 spiro atoms. The van der Waals surface area contributed by atoms with Gasteiger partial charge < -0.3 is 19.7 Å². The molecule has 1 aliphatic rings. The van der Waals surface area contributed by atoms with Gasteiger partial charge in [-0.3, -0.25) is 9.59 Å². The Hall–Kier alpha value is -2.24. The summed E-state index contributed by atoms with van der Waals surface area (Å²) in [6.07, 6.45) is 2.68. The third kappa shape index (κ3) is 4.15. The number of methoxy groups -OCH3 is 2.